The molecule has 1 heterocycles. The summed E-state index contributed by atoms with van der Waals surface area (Å²) in [6, 6.07) is 0.745. The Morgan fingerprint density at radius 2 is 2.13 bits per heavy atom. The van der Waals surface area contributed by atoms with Gasteiger partial charge in [0, 0.05) is 18.3 Å². The summed E-state index contributed by atoms with van der Waals surface area (Å²) in [5.74, 6) is 1.51. The Labute approximate surface area is 93.9 Å². The maximum absolute atomic E-state index is 2.60. The quantitative estimate of drug-likeness (QED) is 0.666. The van der Waals surface area contributed by atoms with Crippen LogP contribution in [0.5, 0.6) is 0 Å². The van der Waals surface area contributed by atoms with Crippen LogP contribution in [0.2, 0.25) is 0 Å². The third-order valence-corrected chi connectivity index (χ3v) is 3.79. The van der Waals surface area contributed by atoms with Crippen LogP contribution < -0.4 is 0 Å². The molecule has 0 N–H and O–H groups in total. The van der Waals surface area contributed by atoms with Gasteiger partial charge < -0.3 is 4.90 Å². The van der Waals surface area contributed by atoms with E-state index in [9.17, 15) is 0 Å². The van der Waals surface area contributed by atoms with Crippen molar-refractivity contribution >= 4 is 0 Å². The van der Waals surface area contributed by atoms with Crippen molar-refractivity contribution in [1.82, 2.24) is 4.90 Å². The molecule has 2 rings (SSSR count). The van der Waals surface area contributed by atoms with Crippen molar-refractivity contribution in [1.29, 1.82) is 0 Å². The van der Waals surface area contributed by atoms with Gasteiger partial charge >= 0.3 is 0 Å². The summed E-state index contributed by atoms with van der Waals surface area (Å²) in [6.45, 7) is 10.4. The van der Waals surface area contributed by atoms with Crippen molar-refractivity contribution in [2.24, 2.45) is 11.8 Å². The van der Waals surface area contributed by atoms with E-state index in [4.69, 9.17) is 0 Å². The highest BCUT2D eigenvalue weighted by molar-refractivity contribution is 5.35. The maximum atomic E-state index is 2.60. The summed E-state index contributed by atoms with van der Waals surface area (Å²) in [5, 5.41) is 0. The van der Waals surface area contributed by atoms with Gasteiger partial charge in [-0.1, -0.05) is 26.8 Å². The van der Waals surface area contributed by atoms with E-state index in [1.807, 2.05) is 0 Å². The molecule has 0 saturated heterocycles. The monoisotopic (exact) mass is 205 g/mol. The van der Waals surface area contributed by atoms with Crippen molar-refractivity contribution < 1.29 is 0 Å². The van der Waals surface area contributed by atoms with Gasteiger partial charge in [0.25, 0.3) is 0 Å². The molecule has 0 saturated carbocycles. The van der Waals surface area contributed by atoms with Gasteiger partial charge in [0.15, 0.2) is 0 Å². The van der Waals surface area contributed by atoms with E-state index in [2.05, 4.69) is 44.7 Å². The molecular weight excluding hydrogens is 182 g/mol. The van der Waals surface area contributed by atoms with Crippen LogP contribution in [0.15, 0.2) is 23.4 Å². The van der Waals surface area contributed by atoms with Gasteiger partial charge in [0.1, 0.15) is 0 Å². The van der Waals surface area contributed by atoms with Crippen molar-refractivity contribution in [3.05, 3.63) is 23.4 Å². The fourth-order valence-electron chi connectivity index (χ4n) is 2.96. The smallest absolute Gasteiger partial charge is 0.0358 e. The summed E-state index contributed by atoms with van der Waals surface area (Å²) >= 11 is 0. The molecule has 2 atom stereocenters. The van der Waals surface area contributed by atoms with Crippen LogP contribution in [0, 0.1) is 11.8 Å². The van der Waals surface area contributed by atoms with Gasteiger partial charge in [-0.2, -0.15) is 0 Å². The molecule has 0 amide bonds. The van der Waals surface area contributed by atoms with E-state index in [1.165, 1.54) is 18.5 Å². The van der Waals surface area contributed by atoms with Crippen LogP contribution in [0.3, 0.4) is 0 Å². The first-order chi connectivity index (χ1) is 7.13. The molecule has 0 aromatic heterocycles. The lowest BCUT2D eigenvalue weighted by Crippen LogP contribution is -2.33. The van der Waals surface area contributed by atoms with Crippen molar-refractivity contribution in [2.45, 2.75) is 46.6 Å². The summed E-state index contributed by atoms with van der Waals surface area (Å²) < 4.78 is 0. The van der Waals surface area contributed by atoms with Crippen LogP contribution in [0.25, 0.3) is 0 Å². The standard InChI is InChI=1S/C14H23N/c1-5-15-13-7-6-11(4)8-12(13)9-14(15)10(2)3/h6-7,10-11,14H,5,8-9H2,1-4H3. The van der Waals surface area contributed by atoms with Gasteiger partial charge in [-0.25, -0.2) is 0 Å². The molecule has 1 heteroatoms. The van der Waals surface area contributed by atoms with Crippen LogP contribution in [-0.2, 0) is 0 Å². The minimum atomic E-state index is 0.744. The predicted molar refractivity (Wildman–Crippen MR) is 65.6 cm³/mol. The molecule has 84 valence electrons. The van der Waals surface area contributed by atoms with Gasteiger partial charge in [-0.15, -0.1) is 0 Å². The number of likely N-dealkylation sites (N-methyl/N-ethyl adjacent to an activating group) is 1. The van der Waals surface area contributed by atoms with Crippen molar-refractivity contribution in [2.75, 3.05) is 6.54 Å². The van der Waals surface area contributed by atoms with Gasteiger partial charge in [0.05, 0.1) is 0 Å². The number of hydrogen-bond donors (Lipinski definition) is 0. The Kier molecular flexibility index (Phi) is 2.90. The fraction of sp³-hybridized carbons (Fsp3) is 0.714. The fourth-order valence-corrected chi connectivity index (χ4v) is 2.96. The second-order valence-electron chi connectivity index (χ2n) is 5.33. The highest BCUT2D eigenvalue weighted by Crippen LogP contribution is 2.38. The molecule has 1 aliphatic carbocycles. The first-order valence-corrected chi connectivity index (χ1v) is 6.30. The Morgan fingerprint density at radius 1 is 1.40 bits per heavy atom. The lowest BCUT2D eigenvalue weighted by atomic mass is 9.91. The van der Waals surface area contributed by atoms with E-state index >= 15 is 0 Å². The molecule has 1 nitrogen and oxygen atoms in total. The summed E-state index contributed by atoms with van der Waals surface area (Å²) in [4.78, 5) is 2.60. The molecule has 15 heavy (non-hydrogen) atoms. The average molecular weight is 205 g/mol. The molecule has 2 unspecified atom stereocenters. The zero-order chi connectivity index (χ0) is 11.0. The van der Waals surface area contributed by atoms with Crippen LogP contribution in [0.1, 0.15) is 40.5 Å². The molecule has 0 bridgehead atoms. The Morgan fingerprint density at radius 3 is 2.73 bits per heavy atom. The minimum absolute atomic E-state index is 0.744. The molecule has 0 radical (unpaired) electrons. The number of hydrogen-bond acceptors (Lipinski definition) is 1. The van der Waals surface area contributed by atoms with Gasteiger partial charge in [-0.05, 0) is 43.3 Å². The Balaban J connectivity index is 2.21. The molecular formula is C14H23N. The Bertz CT molecular complexity index is 298. The lowest BCUT2D eigenvalue weighted by molar-refractivity contribution is 0.239. The zero-order valence-corrected chi connectivity index (χ0v) is 10.5. The first-order valence-electron chi connectivity index (χ1n) is 6.30. The first kappa shape index (κ1) is 10.8. The number of rotatable bonds is 2. The summed E-state index contributed by atoms with van der Waals surface area (Å²) in [5.41, 5.74) is 3.24. The van der Waals surface area contributed by atoms with E-state index in [-0.39, 0.29) is 0 Å². The normalized spacial score (nSPS) is 30.3. The van der Waals surface area contributed by atoms with Crippen molar-refractivity contribution in [3.63, 3.8) is 0 Å². The molecule has 1 aliphatic heterocycles. The van der Waals surface area contributed by atoms with Gasteiger partial charge in [-0.3, -0.25) is 0 Å². The zero-order valence-electron chi connectivity index (χ0n) is 10.5. The van der Waals surface area contributed by atoms with Crippen LogP contribution >= 0.6 is 0 Å². The maximum Gasteiger partial charge on any atom is 0.0358 e. The van der Waals surface area contributed by atoms with Crippen molar-refractivity contribution in [3.8, 4) is 0 Å². The van der Waals surface area contributed by atoms with Crippen LogP contribution in [0.4, 0.5) is 0 Å². The summed E-state index contributed by atoms with van der Waals surface area (Å²) in [7, 11) is 0. The third kappa shape index (κ3) is 1.84. The van der Waals surface area contributed by atoms with Crippen LogP contribution in [-0.4, -0.2) is 17.5 Å². The number of nitrogens with zero attached hydrogens (tertiary/aromatic N) is 1. The lowest BCUT2D eigenvalue weighted by Gasteiger charge is -2.30. The molecule has 2 aliphatic rings. The third-order valence-electron chi connectivity index (χ3n) is 3.79. The molecule has 0 fully saturated rings. The molecule has 0 spiro atoms. The SMILES string of the molecule is CCN1C2=C(CC(C)C=C2)CC1C(C)C. The minimum Gasteiger partial charge on any atom is -0.368 e. The predicted octanol–water partition coefficient (Wildman–Crippen LogP) is 3.59. The van der Waals surface area contributed by atoms with Gasteiger partial charge in [0.2, 0.25) is 0 Å². The van der Waals surface area contributed by atoms with E-state index in [1.54, 1.807) is 5.57 Å². The largest absolute Gasteiger partial charge is 0.368 e. The molecule has 0 aromatic rings. The topological polar surface area (TPSA) is 3.24 Å². The second-order valence-corrected chi connectivity index (χ2v) is 5.33. The summed E-state index contributed by atoms with van der Waals surface area (Å²) in [6.07, 6.45) is 7.31. The van der Waals surface area contributed by atoms with E-state index in [0.29, 0.717) is 0 Å². The highest BCUT2D eigenvalue weighted by atomic mass is 15.2. The van der Waals surface area contributed by atoms with E-state index in [0.717, 1.165) is 24.4 Å². The highest BCUT2D eigenvalue weighted by Gasteiger charge is 2.32. The van der Waals surface area contributed by atoms with E-state index < -0.39 is 0 Å². The second kappa shape index (κ2) is 4.03. The Hall–Kier alpha value is -0.720. The number of allylic oxidation sites excluding steroid dienone is 2. The molecule has 0 aromatic carbocycles. The average Bonchev–Trinajstić information content (AvgIpc) is 2.55.